The highest BCUT2D eigenvalue weighted by molar-refractivity contribution is 5.79. The summed E-state index contributed by atoms with van der Waals surface area (Å²) in [5.41, 5.74) is 4.86. The third kappa shape index (κ3) is 2.89. The summed E-state index contributed by atoms with van der Waals surface area (Å²) < 4.78 is 20.9. The number of H-pyrrole nitrogens is 1. The molecule has 1 saturated heterocycles. The van der Waals surface area contributed by atoms with Crippen LogP contribution in [0.1, 0.15) is 22.6 Å². The van der Waals surface area contributed by atoms with Crippen LogP contribution in [-0.2, 0) is 11.3 Å². The van der Waals surface area contributed by atoms with Gasteiger partial charge in [-0.1, -0.05) is 12.1 Å². The average Bonchev–Trinajstić information content (AvgIpc) is 3.17. The topological polar surface area (TPSA) is 44.4 Å². The first-order valence-electron chi connectivity index (χ1n) is 9.46. The number of rotatable bonds is 2. The fraction of sp³-hybridized carbons (Fsp3) is 0.381. The maximum Gasteiger partial charge on any atom is 0.151 e. The molecular weight excluding hydrogens is 343 g/mol. The lowest BCUT2D eigenvalue weighted by Gasteiger charge is -2.35. The lowest BCUT2D eigenvalue weighted by atomic mass is 9.84. The molecule has 0 amide bonds. The second-order valence-corrected chi connectivity index (χ2v) is 7.53. The molecule has 5 rings (SSSR count). The summed E-state index contributed by atoms with van der Waals surface area (Å²) in [6.45, 7) is 4.32. The van der Waals surface area contributed by atoms with Crippen LogP contribution in [0, 0.1) is 5.82 Å². The van der Waals surface area contributed by atoms with Crippen molar-refractivity contribution in [3.05, 3.63) is 59.0 Å². The third-order valence-electron chi connectivity index (χ3n) is 5.78. The van der Waals surface area contributed by atoms with Crippen LogP contribution in [0.25, 0.3) is 10.9 Å². The SMILES string of the molecule is CN1Cc2c(ccc(N3CCOCC3)c2F)C(c2ccc3[nH]ncc3c2)C1. The molecule has 0 bridgehead atoms. The van der Waals surface area contributed by atoms with Gasteiger partial charge in [-0.2, -0.15) is 5.10 Å². The molecule has 5 nitrogen and oxygen atoms in total. The van der Waals surface area contributed by atoms with Crippen molar-refractivity contribution in [3.63, 3.8) is 0 Å². The minimum Gasteiger partial charge on any atom is -0.378 e. The molecule has 1 N–H and O–H groups in total. The number of nitrogens with one attached hydrogen (secondary N) is 1. The van der Waals surface area contributed by atoms with Crippen LogP contribution in [0.4, 0.5) is 10.1 Å². The van der Waals surface area contributed by atoms with Crippen molar-refractivity contribution >= 4 is 16.6 Å². The smallest absolute Gasteiger partial charge is 0.151 e. The Morgan fingerprint density at radius 2 is 2.04 bits per heavy atom. The summed E-state index contributed by atoms with van der Waals surface area (Å²) in [6.07, 6.45) is 1.84. The Kier molecular flexibility index (Phi) is 4.10. The fourth-order valence-corrected chi connectivity index (χ4v) is 4.37. The molecule has 1 unspecified atom stereocenters. The van der Waals surface area contributed by atoms with Crippen LogP contribution in [0.15, 0.2) is 36.5 Å². The van der Waals surface area contributed by atoms with Gasteiger partial charge < -0.3 is 14.5 Å². The molecule has 1 fully saturated rings. The molecule has 27 heavy (non-hydrogen) atoms. The van der Waals surface area contributed by atoms with Crippen molar-refractivity contribution in [1.82, 2.24) is 15.1 Å². The third-order valence-corrected chi connectivity index (χ3v) is 5.78. The van der Waals surface area contributed by atoms with Crippen molar-refractivity contribution in [1.29, 1.82) is 0 Å². The quantitative estimate of drug-likeness (QED) is 0.757. The summed E-state index contributed by atoms with van der Waals surface area (Å²) in [5, 5.41) is 8.20. The summed E-state index contributed by atoms with van der Waals surface area (Å²) >= 11 is 0. The molecule has 0 saturated carbocycles. The lowest BCUT2D eigenvalue weighted by Crippen LogP contribution is -2.38. The molecule has 3 aromatic rings. The number of morpholine rings is 1. The molecule has 140 valence electrons. The maximum atomic E-state index is 15.5. The molecule has 6 heteroatoms. The Bertz CT molecular complexity index is 979. The van der Waals surface area contributed by atoms with E-state index >= 15 is 4.39 Å². The number of hydrogen-bond acceptors (Lipinski definition) is 4. The molecule has 1 atom stereocenters. The molecule has 2 aliphatic heterocycles. The van der Waals surface area contributed by atoms with Gasteiger partial charge in [0, 0.05) is 43.0 Å². The fourth-order valence-electron chi connectivity index (χ4n) is 4.37. The van der Waals surface area contributed by atoms with Crippen LogP contribution in [0.2, 0.25) is 0 Å². The number of hydrogen-bond donors (Lipinski definition) is 1. The molecule has 2 aromatic carbocycles. The zero-order valence-electron chi connectivity index (χ0n) is 15.4. The Labute approximate surface area is 157 Å². The Balaban J connectivity index is 1.57. The van der Waals surface area contributed by atoms with Crippen molar-refractivity contribution in [2.45, 2.75) is 12.5 Å². The highest BCUT2D eigenvalue weighted by atomic mass is 19.1. The number of anilines is 1. The number of nitrogens with zero attached hydrogens (tertiary/aromatic N) is 3. The largest absolute Gasteiger partial charge is 0.378 e. The van der Waals surface area contributed by atoms with E-state index in [1.54, 1.807) is 0 Å². The summed E-state index contributed by atoms with van der Waals surface area (Å²) in [7, 11) is 2.06. The highest BCUT2D eigenvalue weighted by Gasteiger charge is 2.29. The first-order valence-corrected chi connectivity index (χ1v) is 9.46. The number of halogens is 1. The van der Waals surface area contributed by atoms with Gasteiger partial charge in [0.1, 0.15) is 0 Å². The summed E-state index contributed by atoms with van der Waals surface area (Å²) in [6, 6.07) is 10.4. The highest BCUT2D eigenvalue weighted by Crippen LogP contribution is 2.38. The van der Waals surface area contributed by atoms with Gasteiger partial charge in [-0.25, -0.2) is 4.39 Å². The summed E-state index contributed by atoms with van der Waals surface area (Å²) in [5.74, 6) is 0.0848. The predicted molar refractivity (Wildman–Crippen MR) is 104 cm³/mol. The first kappa shape index (κ1) is 16.7. The molecule has 3 heterocycles. The van der Waals surface area contributed by atoms with Gasteiger partial charge >= 0.3 is 0 Å². The van der Waals surface area contributed by atoms with Crippen LogP contribution in [0.3, 0.4) is 0 Å². The predicted octanol–water partition coefficient (Wildman–Crippen LogP) is 3.12. The van der Waals surface area contributed by atoms with E-state index in [0.717, 1.165) is 41.7 Å². The van der Waals surface area contributed by atoms with Gasteiger partial charge in [-0.15, -0.1) is 0 Å². The first-order chi connectivity index (χ1) is 13.2. The number of likely N-dealkylation sites (N-methyl/N-ethyl adjacent to an activating group) is 1. The molecule has 0 spiro atoms. The van der Waals surface area contributed by atoms with Gasteiger partial charge in [0.25, 0.3) is 0 Å². The zero-order chi connectivity index (χ0) is 18.4. The van der Waals surface area contributed by atoms with E-state index in [9.17, 15) is 0 Å². The molecule has 1 aromatic heterocycles. The Hall–Kier alpha value is -2.44. The number of aromatic amines is 1. The Morgan fingerprint density at radius 3 is 2.89 bits per heavy atom. The van der Waals surface area contributed by atoms with Crippen molar-refractivity contribution in [2.75, 3.05) is 44.8 Å². The van der Waals surface area contributed by atoms with E-state index < -0.39 is 0 Å². The Morgan fingerprint density at radius 1 is 1.19 bits per heavy atom. The monoisotopic (exact) mass is 366 g/mol. The van der Waals surface area contributed by atoms with Crippen molar-refractivity contribution in [2.24, 2.45) is 0 Å². The minimum atomic E-state index is -0.0738. The van der Waals surface area contributed by atoms with Gasteiger partial charge in [0.2, 0.25) is 0 Å². The maximum absolute atomic E-state index is 15.5. The van der Waals surface area contributed by atoms with E-state index in [-0.39, 0.29) is 11.7 Å². The van der Waals surface area contributed by atoms with Crippen LogP contribution < -0.4 is 4.90 Å². The van der Waals surface area contributed by atoms with Crippen molar-refractivity contribution < 1.29 is 9.13 Å². The van der Waals surface area contributed by atoms with Crippen LogP contribution in [0.5, 0.6) is 0 Å². The lowest BCUT2D eigenvalue weighted by molar-refractivity contribution is 0.122. The van der Waals surface area contributed by atoms with E-state index in [0.29, 0.717) is 25.4 Å². The molecule has 2 aliphatic rings. The van der Waals surface area contributed by atoms with Crippen LogP contribution >= 0.6 is 0 Å². The van der Waals surface area contributed by atoms with E-state index in [1.807, 2.05) is 12.3 Å². The van der Waals surface area contributed by atoms with Gasteiger partial charge in [-0.3, -0.25) is 5.10 Å². The van der Waals surface area contributed by atoms with Gasteiger partial charge in [0.05, 0.1) is 30.6 Å². The van der Waals surface area contributed by atoms with Crippen LogP contribution in [-0.4, -0.2) is 55.0 Å². The van der Waals surface area contributed by atoms with E-state index in [1.165, 1.54) is 5.56 Å². The molecule has 0 aliphatic carbocycles. The second-order valence-electron chi connectivity index (χ2n) is 7.53. The molecule has 0 radical (unpaired) electrons. The standard InChI is InChI=1S/C21H23FN4O/c1-25-12-17(14-2-4-19-15(10-14)11-23-24-19)16-3-5-20(21(22)18(16)13-25)26-6-8-27-9-7-26/h2-5,10-11,17H,6-9,12-13H2,1H3,(H,23,24). The van der Waals surface area contributed by atoms with E-state index in [4.69, 9.17) is 4.74 Å². The second kappa shape index (κ2) is 6.62. The van der Waals surface area contributed by atoms with E-state index in [2.05, 4.69) is 51.3 Å². The number of fused-ring (bicyclic) bond motifs is 2. The van der Waals surface area contributed by atoms with Crippen molar-refractivity contribution in [3.8, 4) is 0 Å². The number of aromatic nitrogens is 2. The average molecular weight is 366 g/mol. The van der Waals surface area contributed by atoms with Gasteiger partial charge in [-0.05, 0) is 36.4 Å². The zero-order valence-corrected chi connectivity index (χ0v) is 15.4. The minimum absolute atomic E-state index is 0.0738. The number of benzene rings is 2. The summed E-state index contributed by atoms with van der Waals surface area (Å²) in [4.78, 5) is 4.30. The number of ether oxygens (including phenoxy) is 1. The normalized spacial score (nSPS) is 20.8. The van der Waals surface area contributed by atoms with Gasteiger partial charge in [0.15, 0.2) is 5.82 Å². The molecular formula is C21H23FN4O.